The van der Waals surface area contributed by atoms with Crippen molar-refractivity contribution < 1.29 is 9.90 Å². The Morgan fingerprint density at radius 2 is 1.95 bits per heavy atom. The van der Waals surface area contributed by atoms with E-state index in [1.165, 1.54) is 6.07 Å². The second-order valence-corrected chi connectivity index (χ2v) is 4.35. The summed E-state index contributed by atoms with van der Waals surface area (Å²) in [5.41, 5.74) is 2.76. The van der Waals surface area contributed by atoms with Gasteiger partial charge in [-0.2, -0.15) is 0 Å². The molecular weight excluding hydrogens is 240 g/mol. The van der Waals surface area contributed by atoms with Crippen molar-refractivity contribution in [2.75, 3.05) is 5.32 Å². The van der Waals surface area contributed by atoms with E-state index in [1.807, 2.05) is 31.2 Å². The Morgan fingerprint density at radius 3 is 2.68 bits per heavy atom. The SMILES string of the molecule is Cc1cccc(CNC(=O)Nc2cccc(O)c2)c1. The van der Waals surface area contributed by atoms with Crippen LogP contribution in [-0.4, -0.2) is 11.1 Å². The highest BCUT2D eigenvalue weighted by Gasteiger charge is 2.02. The fourth-order valence-electron chi connectivity index (χ4n) is 1.76. The van der Waals surface area contributed by atoms with Crippen LogP contribution < -0.4 is 10.6 Å². The lowest BCUT2D eigenvalue weighted by Crippen LogP contribution is -2.28. The summed E-state index contributed by atoms with van der Waals surface area (Å²) in [6, 6.07) is 14.1. The summed E-state index contributed by atoms with van der Waals surface area (Å²) in [5, 5.41) is 14.7. The van der Waals surface area contributed by atoms with Crippen molar-refractivity contribution in [1.29, 1.82) is 0 Å². The molecule has 4 nitrogen and oxygen atoms in total. The Kier molecular flexibility index (Phi) is 4.03. The highest BCUT2D eigenvalue weighted by Crippen LogP contribution is 2.15. The molecule has 0 fully saturated rings. The molecule has 0 saturated heterocycles. The first-order chi connectivity index (χ1) is 9.13. The van der Waals surface area contributed by atoms with Gasteiger partial charge in [-0.15, -0.1) is 0 Å². The molecule has 2 rings (SSSR count). The van der Waals surface area contributed by atoms with E-state index in [1.54, 1.807) is 18.2 Å². The number of hydrogen-bond donors (Lipinski definition) is 3. The smallest absolute Gasteiger partial charge is 0.319 e. The van der Waals surface area contributed by atoms with Crippen molar-refractivity contribution in [3.05, 3.63) is 59.7 Å². The summed E-state index contributed by atoms with van der Waals surface area (Å²) < 4.78 is 0. The molecule has 0 bridgehead atoms. The van der Waals surface area contributed by atoms with Gasteiger partial charge in [0.2, 0.25) is 0 Å². The average molecular weight is 256 g/mol. The largest absolute Gasteiger partial charge is 0.508 e. The van der Waals surface area contributed by atoms with Crippen LogP contribution in [0.15, 0.2) is 48.5 Å². The number of carbonyl (C=O) groups is 1. The van der Waals surface area contributed by atoms with Crippen molar-refractivity contribution in [1.82, 2.24) is 5.32 Å². The predicted molar refractivity (Wildman–Crippen MR) is 75.1 cm³/mol. The van der Waals surface area contributed by atoms with E-state index >= 15 is 0 Å². The Hall–Kier alpha value is -2.49. The summed E-state index contributed by atoms with van der Waals surface area (Å²) in [7, 11) is 0. The van der Waals surface area contributed by atoms with Crippen LogP contribution in [-0.2, 0) is 6.54 Å². The number of aromatic hydroxyl groups is 1. The van der Waals surface area contributed by atoms with Gasteiger partial charge in [0.05, 0.1) is 0 Å². The summed E-state index contributed by atoms with van der Waals surface area (Å²) >= 11 is 0. The van der Waals surface area contributed by atoms with Gasteiger partial charge in [0.25, 0.3) is 0 Å². The summed E-state index contributed by atoms with van der Waals surface area (Å²) in [5.74, 6) is 0.122. The first-order valence-electron chi connectivity index (χ1n) is 6.03. The lowest BCUT2D eigenvalue weighted by atomic mass is 10.1. The number of carbonyl (C=O) groups excluding carboxylic acids is 1. The van der Waals surface area contributed by atoms with E-state index < -0.39 is 0 Å². The van der Waals surface area contributed by atoms with Crippen LogP contribution in [0.5, 0.6) is 5.75 Å². The zero-order valence-electron chi connectivity index (χ0n) is 10.7. The van der Waals surface area contributed by atoms with Crippen molar-refractivity contribution in [3.8, 4) is 5.75 Å². The third-order valence-corrected chi connectivity index (χ3v) is 2.64. The molecule has 2 amide bonds. The number of benzene rings is 2. The molecule has 3 N–H and O–H groups in total. The molecule has 2 aromatic carbocycles. The number of phenolic OH excluding ortho intramolecular Hbond substituents is 1. The number of hydrogen-bond acceptors (Lipinski definition) is 2. The number of rotatable bonds is 3. The molecule has 0 spiro atoms. The van der Waals surface area contributed by atoms with Crippen molar-refractivity contribution in [3.63, 3.8) is 0 Å². The second-order valence-electron chi connectivity index (χ2n) is 4.35. The van der Waals surface area contributed by atoms with E-state index in [0.29, 0.717) is 12.2 Å². The molecule has 0 unspecified atom stereocenters. The fraction of sp³-hybridized carbons (Fsp3) is 0.133. The Morgan fingerprint density at radius 1 is 1.16 bits per heavy atom. The van der Waals surface area contributed by atoms with Gasteiger partial charge in [0, 0.05) is 18.3 Å². The first kappa shape index (κ1) is 13.0. The zero-order valence-corrected chi connectivity index (χ0v) is 10.7. The number of phenols is 1. The van der Waals surface area contributed by atoms with Crippen LogP contribution in [0.4, 0.5) is 10.5 Å². The molecule has 4 heteroatoms. The fourth-order valence-corrected chi connectivity index (χ4v) is 1.76. The summed E-state index contributed by atoms with van der Waals surface area (Å²) in [6.07, 6.45) is 0. The van der Waals surface area contributed by atoms with Gasteiger partial charge in [-0.25, -0.2) is 4.79 Å². The van der Waals surface area contributed by atoms with Crippen LogP contribution >= 0.6 is 0 Å². The van der Waals surface area contributed by atoms with E-state index in [-0.39, 0.29) is 11.8 Å². The average Bonchev–Trinajstić information content (AvgIpc) is 2.36. The van der Waals surface area contributed by atoms with Gasteiger partial charge >= 0.3 is 6.03 Å². The van der Waals surface area contributed by atoms with E-state index in [4.69, 9.17) is 0 Å². The topological polar surface area (TPSA) is 61.4 Å². The maximum absolute atomic E-state index is 11.7. The summed E-state index contributed by atoms with van der Waals surface area (Å²) in [6.45, 7) is 2.47. The molecule has 0 aliphatic heterocycles. The number of anilines is 1. The lowest BCUT2D eigenvalue weighted by Gasteiger charge is -2.08. The van der Waals surface area contributed by atoms with Crippen LogP contribution in [0.3, 0.4) is 0 Å². The Bertz CT molecular complexity index is 582. The van der Waals surface area contributed by atoms with Gasteiger partial charge in [-0.05, 0) is 24.6 Å². The van der Waals surface area contributed by atoms with Crippen molar-refractivity contribution in [2.45, 2.75) is 13.5 Å². The van der Waals surface area contributed by atoms with Crippen LogP contribution in [0, 0.1) is 6.92 Å². The zero-order chi connectivity index (χ0) is 13.7. The molecule has 0 radical (unpaired) electrons. The minimum absolute atomic E-state index is 0.122. The number of amides is 2. The Labute approximate surface area is 112 Å². The highest BCUT2D eigenvalue weighted by molar-refractivity contribution is 5.89. The van der Waals surface area contributed by atoms with Gasteiger partial charge in [0.15, 0.2) is 0 Å². The van der Waals surface area contributed by atoms with E-state index in [0.717, 1.165) is 11.1 Å². The molecule has 0 heterocycles. The van der Waals surface area contributed by atoms with Crippen LogP contribution in [0.2, 0.25) is 0 Å². The molecule has 0 saturated carbocycles. The molecular formula is C15H16N2O2. The van der Waals surface area contributed by atoms with Gasteiger partial charge in [-0.3, -0.25) is 0 Å². The summed E-state index contributed by atoms with van der Waals surface area (Å²) in [4.78, 5) is 11.7. The van der Waals surface area contributed by atoms with Crippen LogP contribution in [0.1, 0.15) is 11.1 Å². The second kappa shape index (κ2) is 5.91. The minimum atomic E-state index is -0.299. The number of urea groups is 1. The predicted octanol–water partition coefficient (Wildman–Crippen LogP) is 3.02. The molecule has 0 aromatic heterocycles. The van der Waals surface area contributed by atoms with Gasteiger partial charge < -0.3 is 15.7 Å². The molecule has 0 aliphatic carbocycles. The van der Waals surface area contributed by atoms with Gasteiger partial charge in [-0.1, -0.05) is 35.9 Å². The molecule has 19 heavy (non-hydrogen) atoms. The molecule has 0 aliphatic rings. The quantitative estimate of drug-likeness (QED) is 0.790. The van der Waals surface area contributed by atoms with Crippen molar-refractivity contribution in [2.24, 2.45) is 0 Å². The van der Waals surface area contributed by atoms with E-state index in [2.05, 4.69) is 10.6 Å². The maximum Gasteiger partial charge on any atom is 0.319 e. The maximum atomic E-state index is 11.7. The standard InChI is InChI=1S/C15H16N2O2/c1-11-4-2-5-12(8-11)10-16-15(19)17-13-6-3-7-14(18)9-13/h2-9,18H,10H2,1H3,(H2,16,17,19). The monoisotopic (exact) mass is 256 g/mol. The molecule has 2 aromatic rings. The number of nitrogens with one attached hydrogen (secondary N) is 2. The highest BCUT2D eigenvalue weighted by atomic mass is 16.3. The Balaban J connectivity index is 1.88. The third kappa shape index (κ3) is 4.03. The first-order valence-corrected chi connectivity index (χ1v) is 6.03. The van der Waals surface area contributed by atoms with Crippen molar-refractivity contribution >= 4 is 11.7 Å². The minimum Gasteiger partial charge on any atom is -0.508 e. The lowest BCUT2D eigenvalue weighted by molar-refractivity contribution is 0.251. The van der Waals surface area contributed by atoms with E-state index in [9.17, 15) is 9.90 Å². The molecule has 98 valence electrons. The van der Waals surface area contributed by atoms with Crippen LogP contribution in [0.25, 0.3) is 0 Å². The number of aryl methyl sites for hydroxylation is 1. The normalized spacial score (nSPS) is 9.95. The van der Waals surface area contributed by atoms with Gasteiger partial charge in [0.1, 0.15) is 5.75 Å². The third-order valence-electron chi connectivity index (χ3n) is 2.64. The molecule has 0 atom stereocenters.